The summed E-state index contributed by atoms with van der Waals surface area (Å²) >= 11 is 4.73. The number of halogens is 3. The first-order valence-corrected chi connectivity index (χ1v) is 9.43. The van der Waals surface area contributed by atoms with Gasteiger partial charge in [0.1, 0.15) is 17.0 Å². The van der Waals surface area contributed by atoms with Crippen LogP contribution in [0.3, 0.4) is 0 Å². The van der Waals surface area contributed by atoms with E-state index in [1.165, 1.54) is 49.5 Å². The summed E-state index contributed by atoms with van der Waals surface area (Å²) in [6.45, 7) is 1.86. The Morgan fingerprint density at radius 1 is 1.23 bits per heavy atom. The lowest BCUT2D eigenvalue weighted by Gasteiger charge is -2.20. The SMILES string of the molecule is CC1(C(=O)NNC(=O)c2cccnc2Nc2ccc(OC(F)(F)Cl)cc2)CCNC1=O. The summed E-state index contributed by atoms with van der Waals surface area (Å²) in [6.07, 6.45) is 1.75. The summed E-state index contributed by atoms with van der Waals surface area (Å²) in [5, 5.41) is 5.45. The topological polar surface area (TPSA) is 121 Å². The van der Waals surface area contributed by atoms with Gasteiger partial charge in [-0.15, -0.1) is 8.78 Å². The van der Waals surface area contributed by atoms with Crippen LogP contribution in [0.5, 0.6) is 5.75 Å². The van der Waals surface area contributed by atoms with Crippen molar-refractivity contribution in [3.05, 3.63) is 48.2 Å². The lowest BCUT2D eigenvalue weighted by molar-refractivity contribution is -0.140. The number of pyridine rings is 1. The van der Waals surface area contributed by atoms with E-state index >= 15 is 0 Å². The number of hydrazine groups is 1. The van der Waals surface area contributed by atoms with Crippen LogP contribution in [-0.2, 0) is 9.59 Å². The van der Waals surface area contributed by atoms with E-state index in [1.807, 2.05) is 0 Å². The van der Waals surface area contributed by atoms with Crippen LogP contribution in [0.15, 0.2) is 42.6 Å². The van der Waals surface area contributed by atoms with E-state index in [1.54, 1.807) is 0 Å². The third-order valence-electron chi connectivity index (χ3n) is 4.61. The molecule has 0 radical (unpaired) electrons. The minimum atomic E-state index is -3.83. The molecule has 0 spiro atoms. The Labute approximate surface area is 180 Å². The zero-order valence-corrected chi connectivity index (χ0v) is 16.9. The van der Waals surface area contributed by atoms with Gasteiger partial charge in [0.05, 0.1) is 5.56 Å². The van der Waals surface area contributed by atoms with Gasteiger partial charge in [-0.2, -0.15) is 0 Å². The molecule has 1 aromatic heterocycles. The molecule has 2 aromatic rings. The fourth-order valence-electron chi connectivity index (χ4n) is 2.83. The molecule has 3 amide bonds. The number of aromatic nitrogens is 1. The number of nitrogens with zero attached hydrogens (tertiary/aromatic N) is 1. The number of nitrogens with one attached hydrogen (secondary N) is 4. The molecular weight excluding hydrogens is 436 g/mol. The zero-order valence-electron chi connectivity index (χ0n) is 16.2. The highest BCUT2D eigenvalue weighted by atomic mass is 35.5. The average Bonchev–Trinajstić information content (AvgIpc) is 3.06. The zero-order chi connectivity index (χ0) is 22.6. The molecular formula is C19H18ClF2N5O4. The molecule has 1 saturated heterocycles. The minimum Gasteiger partial charge on any atom is -0.420 e. The number of carbonyl (C=O) groups is 3. The fourth-order valence-corrected chi connectivity index (χ4v) is 2.92. The molecule has 12 heteroatoms. The molecule has 0 aliphatic carbocycles. The maximum atomic E-state index is 12.7. The maximum absolute atomic E-state index is 12.7. The number of alkyl halides is 3. The molecule has 1 aliphatic rings. The third-order valence-corrected chi connectivity index (χ3v) is 4.68. The molecule has 1 aliphatic heterocycles. The van der Waals surface area contributed by atoms with E-state index in [0.29, 0.717) is 18.7 Å². The van der Waals surface area contributed by atoms with Crippen molar-refractivity contribution in [2.75, 3.05) is 11.9 Å². The maximum Gasteiger partial charge on any atom is 0.487 e. The van der Waals surface area contributed by atoms with Crippen molar-refractivity contribution in [1.82, 2.24) is 21.2 Å². The highest BCUT2D eigenvalue weighted by Crippen LogP contribution is 2.27. The van der Waals surface area contributed by atoms with Crippen molar-refractivity contribution in [3.63, 3.8) is 0 Å². The second-order valence-electron chi connectivity index (χ2n) is 6.84. The van der Waals surface area contributed by atoms with E-state index < -0.39 is 28.7 Å². The highest BCUT2D eigenvalue weighted by molar-refractivity contribution is 6.20. The van der Waals surface area contributed by atoms with Crippen LogP contribution in [0.4, 0.5) is 20.3 Å². The number of carbonyl (C=O) groups excluding carboxylic acids is 3. The first-order valence-electron chi connectivity index (χ1n) is 9.05. The smallest absolute Gasteiger partial charge is 0.420 e. The molecule has 4 N–H and O–H groups in total. The van der Waals surface area contributed by atoms with Gasteiger partial charge in [-0.05, 0) is 49.7 Å². The molecule has 2 heterocycles. The van der Waals surface area contributed by atoms with Crippen LogP contribution in [-0.4, -0.2) is 34.8 Å². The first kappa shape index (κ1) is 22.2. The van der Waals surface area contributed by atoms with Gasteiger partial charge in [-0.25, -0.2) is 4.98 Å². The summed E-state index contributed by atoms with van der Waals surface area (Å²) in [5.41, 5.74) is -0.0554. The predicted molar refractivity (Wildman–Crippen MR) is 107 cm³/mol. The fraction of sp³-hybridized carbons (Fsp3) is 0.263. The molecule has 1 aromatic carbocycles. The largest absolute Gasteiger partial charge is 0.487 e. The molecule has 1 atom stereocenters. The average molecular weight is 454 g/mol. The predicted octanol–water partition coefficient (Wildman–Crippen LogP) is 2.28. The lowest BCUT2D eigenvalue weighted by atomic mass is 9.88. The second-order valence-corrected chi connectivity index (χ2v) is 7.28. The number of anilines is 2. The van der Waals surface area contributed by atoms with Crippen LogP contribution in [0.25, 0.3) is 0 Å². The minimum absolute atomic E-state index is 0.0939. The number of benzene rings is 1. The van der Waals surface area contributed by atoms with Gasteiger partial charge >= 0.3 is 5.57 Å². The second kappa shape index (κ2) is 8.72. The van der Waals surface area contributed by atoms with Crippen LogP contribution >= 0.6 is 11.6 Å². The van der Waals surface area contributed by atoms with Gasteiger partial charge in [-0.3, -0.25) is 25.2 Å². The number of rotatable bonds is 6. The molecule has 164 valence electrons. The summed E-state index contributed by atoms with van der Waals surface area (Å²) < 4.78 is 29.6. The monoisotopic (exact) mass is 453 g/mol. The van der Waals surface area contributed by atoms with Crippen molar-refractivity contribution >= 4 is 40.8 Å². The van der Waals surface area contributed by atoms with Crippen molar-refractivity contribution in [2.45, 2.75) is 18.9 Å². The van der Waals surface area contributed by atoms with E-state index in [9.17, 15) is 23.2 Å². The van der Waals surface area contributed by atoms with E-state index in [0.717, 1.165) is 0 Å². The molecule has 1 unspecified atom stereocenters. The number of amides is 3. The van der Waals surface area contributed by atoms with Crippen molar-refractivity contribution < 1.29 is 27.9 Å². The molecule has 0 saturated carbocycles. The summed E-state index contributed by atoms with van der Waals surface area (Å²) in [7, 11) is 0. The van der Waals surface area contributed by atoms with Crippen LogP contribution < -0.4 is 26.2 Å². The Hall–Kier alpha value is -3.47. The Morgan fingerprint density at radius 3 is 2.55 bits per heavy atom. The lowest BCUT2D eigenvalue weighted by Crippen LogP contribution is -2.51. The Bertz CT molecular complexity index is 1000. The van der Waals surface area contributed by atoms with Crippen molar-refractivity contribution in [2.24, 2.45) is 5.41 Å². The van der Waals surface area contributed by atoms with Gasteiger partial charge in [0.15, 0.2) is 0 Å². The highest BCUT2D eigenvalue weighted by Gasteiger charge is 2.44. The quantitative estimate of drug-likeness (QED) is 0.302. The van der Waals surface area contributed by atoms with Crippen molar-refractivity contribution in [1.29, 1.82) is 0 Å². The van der Waals surface area contributed by atoms with Gasteiger partial charge in [-0.1, -0.05) is 0 Å². The van der Waals surface area contributed by atoms with Gasteiger partial charge in [0.2, 0.25) is 5.91 Å². The third kappa shape index (κ3) is 5.37. The van der Waals surface area contributed by atoms with Crippen LogP contribution in [0.1, 0.15) is 23.7 Å². The number of hydrogen-bond acceptors (Lipinski definition) is 6. The molecule has 1 fully saturated rings. The van der Waals surface area contributed by atoms with Gasteiger partial charge < -0.3 is 15.4 Å². The molecule has 31 heavy (non-hydrogen) atoms. The van der Waals surface area contributed by atoms with Crippen LogP contribution in [0.2, 0.25) is 0 Å². The Kier molecular flexibility index (Phi) is 6.25. The summed E-state index contributed by atoms with van der Waals surface area (Å²) in [4.78, 5) is 40.8. The summed E-state index contributed by atoms with van der Waals surface area (Å²) in [5.74, 6) is -1.73. The number of ether oxygens (including phenoxy) is 1. The molecule has 9 nitrogen and oxygen atoms in total. The van der Waals surface area contributed by atoms with E-state index in [2.05, 4.69) is 31.2 Å². The van der Waals surface area contributed by atoms with Crippen LogP contribution in [0, 0.1) is 5.41 Å². The van der Waals surface area contributed by atoms with E-state index in [4.69, 9.17) is 11.6 Å². The Balaban J connectivity index is 1.66. The standard InChI is InChI=1S/C19H18ClF2N5O4/c1-18(8-10-24-16(18)29)17(30)27-26-15(28)13-3-2-9-23-14(13)25-11-4-6-12(7-5-11)31-19(20,21)22/h2-7,9H,8,10H2,1H3,(H,23,25)(H,24,29)(H,26,28)(H,27,30). The molecule has 0 bridgehead atoms. The normalized spacial score (nSPS) is 18.1. The number of hydrogen-bond donors (Lipinski definition) is 4. The van der Waals surface area contributed by atoms with E-state index in [-0.39, 0.29) is 17.1 Å². The summed E-state index contributed by atoms with van der Waals surface area (Å²) in [6, 6.07) is 8.36. The van der Waals surface area contributed by atoms with Crippen molar-refractivity contribution in [3.8, 4) is 5.75 Å². The van der Waals surface area contributed by atoms with Gasteiger partial charge in [0, 0.05) is 30.0 Å². The van der Waals surface area contributed by atoms with Gasteiger partial charge in [0.25, 0.3) is 11.8 Å². The Morgan fingerprint density at radius 2 is 1.94 bits per heavy atom. The first-order chi connectivity index (χ1) is 14.6. The molecule has 3 rings (SSSR count).